The first-order valence-corrected chi connectivity index (χ1v) is 10.5. The molecule has 1 unspecified atom stereocenters. The van der Waals surface area contributed by atoms with Gasteiger partial charge in [0.2, 0.25) is 0 Å². The van der Waals surface area contributed by atoms with Crippen LogP contribution in [0.25, 0.3) is 10.1 Å². The second-order valence-electron chi connectivity index (χ2n) is 6.97. The highest BCUT2D eigenvalue weighted by Crippen LogP contribution is 2.36. The summed E-state index contributed by atoms with van der Waals surface area (Å²) in [6.45, 7) is 3.35. The van der Waals surface area contributed by atoms with E-state index in [0.717, 1.165) is 11.3 Å². The average molecular weight is 465 g/mol. The number of hydrogen-bond donors (Lipinski definition) is 1. The molecule has 1 N–H and O–H groups in total. The number of thiophene rings is 1. The van der Waals surface area contributed by atoms with Gasteiger partial charge in [0.1, 0.15) is 10.7 Å². The Kier molecular flexibility index (Phi) is 6.87. The van der Waals surface area contributed by atoms with Crippen LogP contribution in [-0.2, 0) is 9.53 Å². The number of nitrogens with zero attached hydrogens (tertiary/aromatic N) is 1. The number of ether oxygens (including phenoxy) is 1. The lowest BCUT2D eigenvalue weighted by molar-refractivity contribution is -0.385. The molecule has 0 spiro atoms. The molecule has 0 saturated heterocycles. The molecule has 0 fully saturated rings. The quantitative estimate of drug-likeness (QED) is 0.286. The van der Waals surface area contributed by atoms with Crippen LogP contribution in [-0.4, -0.2) is 22.9 Å². The lowest BCUT2D eigenvalue weighted by atomic mass is 10.0. The molecule has 2 aromatic carbocycles. The number of nitro benzene ring substituents is 1. The third-order valence-electron chi connectivity index (χ3n) is 4.35. The molecular formula is C21H18ClFN2O5S. The van der Waals surface area contributed by atoms with Gasteiger partial charge in [0.25, 0.3) is 11.6 Å². The summed E-state index contributed by atoms with van der Waals surface area (Å²) in [5.41, 5.74) is -0.0838. The van der Waals surface area contributed by atoms with E-state index in [1.807, 2.05) is 0 Å². The summed E-state index contributed by atoms with van der Waals surface area (Å²) in [5.74, 6) is -1.72. The lowest BCUT2D eigenvalue weighted by Crippen LogP contribution is -2.31. The molecule has 1 aromatic heterocycles. The average Bonchev–Trinajstić information content (AvgIpc) is 3.02. The van der Waals surface area contributed by atoms with Crippen molar-refractivity contribution in [2.45, 2.75) is 32.4 Å². The number of amides is 1. The van der Waals surface area contributed by atoms with Crippen LogP contribution in [0.5, 0.6) is 0 Å². The van der Waals surface area contributed by atoms with Gasteiger partial charge in [0.05, 0.1) is 34.1 Å². The van der Waals surface area contributed by atoms with Crippen molar-refractivity contribution in [1.29, 1.82) is 0 Å². The van der Waals surface area contributed by atoms with E-state index in [0.29, 0.717) is 10.1 Å². The van der Waals surface area contributed by atoms with Gasteiger partial charge in [-0.15, -0.1) is 11.3 Å². The van der Waals surface area contributed by atoms with Crippen LogP contribution in [0.3, 0.4) is 0 Å². The van der Waals surface area contributed by atoms with Gasteiger partial charge < -0.3 is 10.1 Å². The molecule has 0 aliphatic carbocycles. The third-order valence-corrected chi connectivity index (χ3v) is 6.01. The SMILES string of the molecule is CC(C)OC(=O)CC(NC(=O)c1sc2cc(F)ccc2c1Cl)c1ccccc1[N+](=O)[O-]. The number of nitro groups is 1. The number of esters is 1. The number of carbonyl (C=O) groups is 2. The second kappa shape index (κ2) is 9.40. The normalized spacial score (nSPS) is 12.0. The minimum absolute atomic E-state index is 0.114. The number of carbonyl (C=O) groups excluding carboxylic acids is 2. The van der Waals surface area contributed by atoms with Crippen LogP contribution < -0.4 is 5.32 Å². The molecular weight excluding hydrogens is 447 g/mol. The molecule has 31 heavy (non-hydrogen) atoms. The Balaban J connectivity index is 1.97. The minimum Gasteiger partial charge on any atom is -0.463 e. The van der Waals surface area contributed by atoms with Gasteiger partial charge >= 0.3 is 5.97 Å². The lowest BCUT2D eigenvalue weighted by Gasteiger charge is -2.19. The van der Waals surface area contributed by atoms with Gasteiger partial charge in [0.15, 0.2) is 0 Å². The number of rotatable bonds is 7. The summed E-state index contributed by atoms with van der Waals surface area (Å²) in [4.78, 5) is 36.3. The number of benzene rings is 2. The van der Waals surface area contributed by atoms with Crippen molar-refractivity contribution < 1.29 is 23.6 Å². The van der Waals surface area contributed by atoms with Crippen LogP contribution in [0.15, 0.2) is 42.5 Å². The summed E-state index contributed by atoms with van der Waals surface area (Å²) in [5, 5.41) is 14.8. The zero-order chi connectivity index (χ0) is 22.7. The zero-order valence-electron chi connectivity index (χ0n) is 16.6. The van der Waals surface area contributed by atoms with E-state index in [9.17, 15) is 24.1 Å². The van der Waals surface area contributed by atoms with Crippen molar-refractivity contribution in [3.8, 4) is 0 Å². The predicted molar refractivity (Wildman–Crippen MR) is 116 cm³/mol. The molecule has 1 heterocycles. The summed E-state index contributed by atoms with van der Waals surface area (Å²) >= 11 is 7.31. The van der Waals surface area contributed by atoms with E-state index in [2.05, 4.69) is 5.32 Å². The molecule has 1 amide bonds. The van der Waals surface area contributed by atoms with Crippen molar-refractivity contribution in [3.05, 3.63) is 73.9 Å². The Bertz CT molecular complexity index is 1160. The molecule has 0 aliphatic heterocycles. The summed E-state index contributed by atoms with van der Waals surface area (Å²) in [6.07, 6.45) is -0.701. The fourth-order valence-electron chi connectivity index (χ4n) is 3.07. The third kappa shape index (κ3) is 5.18. The monoisotopic (exact) mass is 464 g/mol. The number of hydrogen-bond acceptors (Lipinski definition) is 6. The van der Waals surface area contributed by atoms with Crippen LogP contribution >= 0.6 is 22.9 Å². The van der Waals surface area contributed by atoms with Gasteiger partial charge in [-0.05, 0) is 32.0 Å². The maximum absolute atomic E-state index is 13.5. The first kappa shape index (κ1) is 22.6. The van der Waals surface area contributed by atoms with Crippen molar-refractivity contribution in [2.75, 3.05) is 0 Å². The Morgan fingerprint density at radius 3 is 2.65 bits per heavy atom. The molecule has 3 aromatic rings. The minimum atomic E-state index is -1.03. The highest BCUT2D eigenvalue weighted by atomic mass is 35.5. The number of nitrogens with one attached hydrogen (secondary N) is 1. The van der Waals surface area contributed by atoms with Crippen molar-refractivity contribution in [3.63, 3.8) is 0 Å². The van der Waals surface area contributed by atoms with Gasteiger partial charge in [-0.2, -0.15) is 0 Å². The molecule has 0 bridgehead atoms. The summed E-state index contributed by atoms with van der Waals surface area (Å²) in [7, 11) is 0. The highest BCUT2D eigenvalue weighted by Gasteiger charge is 2.28. The van der Waals surface area contributed by atoms with E-state index >= 15 is 0 Å². The maximum Gasteiger partial charge on any atom is 0.308 e. The summed E-state index contributed by atoms with van der Waals surface area (Å²) < 4.78 is 19.2. The first-order valence-electron chi connectivity index (χ1n) is 9.28. The molecule has 0 saturated carbocycles. The standard InChI is InChI=1S/C21H18ClFN2O5S/c1-11(2)30-18(26)10-15(13-5-3-4-6-16(13)25(28)29)24-21(27)20-19(22)14-8-7-12(23)9-17(14)31-20/h3-9,11,15H,10H2,1-2H3,(H,24,27). The molecule has 1 atom stereocenters. The number of para-hydroxylation sites is 1. The van der Waals surface area contributed by atoms with E-state index in [4.69, 9.17) is 16.3 Å². The van der Waals surface area contributed by atoms with E-state index in [1.54, 1.807) is 19.9 Å². The number of halogens is 2. The maximum atomic E-state index is 13.5. The fraction of sp³-hybridized carbons (Fsp3) is 0.238. The van der Waals surface area contributed by atoms with Crippen LogP contribution in [0.4, 0.5) is 10.1 Å². The topological polar surface area (TPSA) is 98.5 Å². The van der Waals surface area contributed by atoms with E-state index in [1.165, 1.54) is 36.4 Å². The molecule has 0 radical (unpaired) electrons. The summed E-state index contributed by atoms with van der Waals surface area (Å²) in [6, 6.07) is 8.76. The second-order valence-corrected chi connectivity index (χ2v) is 8.40. The molecule has 162 valence electrons. The highest BCUT2D eigenvalue weighted by molar-refractivity contribution is 7.21. The van der Waals surface area contributed by atoms with E-state index < -0.39 is 28.7 Å². The Labute approximate surface area is 185 Å². The molecule has 0 aliphatic rings. The Morgan fingerprint density at radius 1 is 1.26 bits per heavy atom. The van der Waals surface area contributed by atoms with Crippen LogP contribution in [0.1, 0.15) is 41.5 Å². The first-order chi connectivity index (χ1) is 14.7. The molecule has 7 nitrogen and oxygen atoms in total. The molecule has 10 heteroatoms. The van der Waals surface area contributed by atoms with Gasteiger partial charge in [-0.3, -0.25) is 19.7 Å². The van der Waals surface area contributed by atoms with Crippen LogP contribution in [0, 0.1) is 15.9 Å². The molecule has 3 rings (SSSR count). The predicted octanol–water partition coefficient (Wildman–Crippen LogP) is 5.41. The van der Waals surface area contributed by atoms with Gasteiger partial charge in [-0.25, -0.2) is 4.39 Å². The smallest absolute Gasteiger partial charge is 0.308 e. The largest absolute Gasteiger partial charge is 0.463 e. The number of fused-ring (bicyclic) bond motifs is 1. The Morgan fingerprint density at radius 2 is 1.97 bits per heavy atom. The van der Waals surface area contributed by atoms with Crippen molar-refractivity contribution >= 4 is 50.6 Å². The van der Waals surface area contributed by atoms with E-state index in [-0.39, 0.29) is 33.7 Å². The van der Waals surface area contributed by atoms with Crippen molar-refractivity contribution in [2.24, 2.45) is 0 Å². The van der Waals surface area contributed by atoms with Crippen LogP contribution in [0.2, 0.25) is 5.02 Å². The van der Waals surface area contributed by atoms with Crippen molar-refractivity contribution in [1.82, 2.24) is 5.32 Å². The van der Waals surface area contributed by atoms with Gasteiger partial charge in [0, 0.05) is 16.2 Å². The zero-order valence-corrected chi connectivity index (χ0v) is 18.1. The fourth-order valence-corrected chi connectivity index (χ4v) is 4.52. The van der Waals surface area contributed by atoms with Gasteiger partial charge in [-0.1, -0.05) is 29.8 Å². The Hall–Kier alpha value is -3.04.